The van der Waals surface area contributed by atoms with Crippen molar-refractivity contribution in [2.45, 2.75) is 25.4 Å². The zero-order valence-electron chi connectivity index (χ0n) is 10.5. The summed E-state index contributed by atoms with van der Waals surface area (Å²) in [6.45, 7) is 1.60. The molecule has 1 aliphatic carbocycles. The topological polar surface area (TPSA) is 55.6 Å². The zero-order chi connectivity index (χ0) is 12.5. The first-order valence-electron chi connectivity index (χ1n) is 6.52. The first-order valence-corrected chi connectivity index (χ1v) is 6.52. The molecule has 5 heteroatoms. The monoisotopic (exact) mass is 250 g/mol. The molecule has 0 aromatic carbocycles. The standard InChI is InChI=1S/C13H18N2O3/c1-17-11-4-2-3-9-7-15(8-10(9)11)13(16)12-5-6-14-18-12/h5-6,9-11H,2-4,7-8H2,1H3/t9-,10+,11?/m1/s1. The number of fused-ring (bicyclic) bond motifs is 1. The Labute approximate surface area is 106 Å². The Morgan fingerprint density at radius 1 is 1.50 bits per heavy atom. The minimum atomic E-state index is -0.0447. The fraction of sp³-hybridized carbons (Fsp3) is 0.692. The molecule has 0 spiro atoms. The summed E-state index contributed by atoms with van der Waals surface area (Å²) in [4.78, 5) is 14.1. The van der Waals surface area contributed by atoms with Crippen LogP contribution in [0.15, 0.2) is 16.8 Å². The molecule has 98 valence electrons. The molecular formula is C13H18N2O3. The van der Waals surface area contributed by atoms with Gasteiger partial charge in [-0.1, -0.05) is 11.6 Å². The molecule has 1 amide bonds. The van der Waals surface area contributed by atoms with Gasteiger partial charge in [-0.15, -0.1) is 0 Å². The molecule has 5 nitrogen and oxygen atoms in total. The molecule has 1 aromatic heterocycles. The van der Waals surface area contributed by atoms with Gasteiger partial charge in [0.1, 0.15) is 0 Å². The fourth-order valence-corrected chi connectivity index (χ4v) is 3.36. The molecule has 1 aromatic rings. The van der Waals surface area contributed by atoms with E-state index in [0.29, 0.717) is 23.7 Å². The van der Waals surface area contributed by atoms with Crippen LogP contribution < -0.4 is 0 Å². The van der Waals surface area contributed by atoms with Gasteiger partial charge in [0, 0.05) is 32.2 Å². The van der Waals surface area contributed by atoms with Crippen LogP contribution >= 0.6 is 0 Å². The van der Waals surface area contributed by atoms with Crippen LogP contribution in [0.3, 0.4) is 0 Å². The van der Waals surface area contributed by atoms with Crippen molar-refractivity contribution < 1.29 is 14.1 Å². The van der Waals surface area contributed by atoms with Gasteiger partial charge >= 0.3 is 0 Å². The number of aromatic nitrogens is 1. The van der Waals surface area contributed by atoms with E-state index in [2.05, 4.69) is 5.16 Å². The van der Waals surface area contributed by atoms with Crippen LogP contribution in [0.5, 0.6) is 0 Å². The van der Waals surface area contributed by atoms with E-state index < -0.39 is 0 Å². The van der Waals surface area contributed by atoms with Gasteiger partial charge in [0.25, 0.3) is 5.91 Å². The summed E-state index contributed by atoms with van der Waals surface area (Å²) >= 11 is 0. The molecule has 2 aliphatic rings. The van der Waals surface area contributed by atoms with Gasteiger partial charge in [0.2, 0.25) is 5.76 Å². The number of nitrogens with zero attached hydrogens (tertiary/aromatic N) is 2. The van der Waals surface area contributed by atoms with Crippen LogP contribution in [0.4, 0.5) is 0 Å². The Balaban J connectivity index is 1.72. The van der Waals surface area contributed by atoms with Crippen LogP contribution in [-0.4, -0.2) is 42.3 Å². The van der Waals surface area contributed by atoms with Crippen LogP contribution in [0.25, 0.3) is 0 Å². The Morgan fingerprint density at radius 2 is 2.39 bits per heavy atom. The first kappa shape index (κ1) is 11.7. The van der Waals surface area contributed by atoms with Crippen molar-refractivity contribution in [1.29, 1.82) is 0 Å². The Morgan fingerprint density at radius 3 is 3.11 bits per heavy atom. The third kappa shape index (κ3) is 1.92. The highest BCUT2D eigenvalue weighted by molar-refractivity contribution is 5.91. The average molecular weight is 250 g/mol. The van der Waals surface area contributed by atoms with Gasteiger partial charge in [-0.3, -0.25) is 4.79 Å². The predicted octanol–water partition coefficient (Wildman–Crippen LogP) is 1.56. The summed E-state index contributed by atoms with van der Waals surface area (Å²) in [6.07, 6.45) is 5.32. The summed E-state index contributed by atoms with van der Waals surface area (Å²) in [5.41, 5.74) is 0. The maximum atomic E-state index is 12.2. The molecule has 3 atom stereocenters. The highest BCUT2D eigenvalue weighted by Crippen LogP contribution is 2.38. The van der Waals surface area contributed by atoms with Gasteiger partial charge in [0.15, 0.2) is 0 Å². The number of amides is 1. The highest BCUT2D eigenvalue weighted by Gasteiger charge is 2.42. The smallest absolute Gasteiger partial charge is 0.292 e. The SMILES string of the molecule is COC1CCC[C@@H]2CN(C(=O)c3ccno3)C[C@H]12. The van der Waals surface area contributed by atoms with Crippen LogP contribution in [0.1, 0.15) is 29.8 Å². The molecule has 1 saturated heterocycles. The van der Waals surface area contributed by atoms with Crippen molar-refractivity contribution in [1.82, 2.24) is 10.1 Å². The maximum absolute atomic E-state index is 12.2. The summed E-state index contributed by atoms with van der Waals surface area (Å²) in [5.74, 6) is 1.35. The molecule has 0 bridgehead atoms. The van der Waals surface area contributed by atoms with Crippen molar-refractivity contribution in [3.05, 3.63) is 18.0 Å². The summed E-state index contributed by atoms with van der Waals surface area (Å²) in [6, 6.07) is 1.62. The molecule has 1 unspecified atom stereocenters. The van der Waals surface area contributed by atoms with Crippen molar-refractivity contribution in [2.75, 3.05) is 20.2 Å². The molecule has 2 heterocycles. The molecule has 2 fully saturated rings. The predicted molar refractivity (Wildman–Crippen MR) is 64.0 cm³/mol. The number of carbonyl (C=O) groups excluding carboxylic acids is 1. The quantitative estimate of drug-likeness (QED) is 0.799. The second kappa shape index (κ2) is 4.72. The number of hydrogen-bond donors (Lipinski definition) is 0. The van der Waals surface area contributed by atoms with E-state index in [4.69, 9.17) is 9.26 Å². The molecule has 1 aliphatic heterocycles. The van der Waals surface area contributed by atoms with E-state index in [-0.39, 0.29) is 5.91 Å². The minimum absolute atomic E-state index is 0.0447. The Bertz CT molecular complexity index is 418. The van der Waals surface area contributed by atoms with Gasteiger partial charge in [-0.2, -0.15) is 0 Å². The van der Waals surface area contributed by atoms with Gasteiger partial charge < -0.3 is 14.2 Å². The lowest BCUT2D eigenvalue weighted by atomic mass is 9.79. The number of carbonyl (C=O) groups is 1. The molecule has 0 radical (unpaired) electrons. The van der Waals surface area contributed by atoms with E-state index in [1.54, 1.807) is 13.2 Å². The van der Waals surface area contributed by atoms with Crippen LogP contribution in [0.2, 0.25) is 0 Å². The van der Waals surface area contributed by atoms with E-state index in [9.17, 15) is 4.79 Å². The second-order valence-corrected chi connectivity index (χ2v) is 5.22. The van der Waals surface area contributed by atoms with E-state index >= 15 is 0 Å². The third-order valence-electron chi connectivity index (χ3n) is 4.27. The van der Waals surface area contributed by atoms with E-state index in [1.807, 2.05) is 4.90 Å². The number of likely N-dealkylation sites (tertiary alicyclic amines) is 1. The van der Waals surface area contributed by atoms with Gasteiger partial charge in [-0.25, -0.2) is 0 Å². The zero-order valence-corrected chi connectivity index (χ0v) is 10.5. The average Bonchev–Trinajstić information content (AvgIpc) is 3.05. The molecule has 1 saturated carbocycles. The first-order chi connectivity index (χ1) is 8.79. The van der Waals surface area contributed by atoms with Crippen LogP contribution in [0, 0.1) is 11.8 Å². The molecule has 3 rings (SSSR count). The lowest BCUT2D eigenvalue weighted by Crippen LogP contribution is -2.33. The fourth-order valence-electron chi connectivity index (χ4n) is 3.36. The molecule has 0 N–H and O–H groups in total. The van der Waals surface area contributed by atoms with Crippen molar-refractivity contribution in [3.8, 4) is 0 Å². The largest absolute Gasteiger partial charge is 0.381 e. The highest BCUT2D eigenvalue weighted by atomic mass is 16.5. The number of ether oxygens (including phenoxy) is 1. The Kier molecular flexibility index (Phi) is 3.07. The number of rotatable bonds is 2. The third-order valence-corrected chi connectivity index (χ3v) is 4.27. The van der Waals surface area contributed by atoms with Crippen molar-refractivity contribution in [2.24, 2.45) is 11.8 Å². The van der Waals surface area contributed by atoms with Crippen LogP contribution in [-0.2, 0) is 4.74 Å². The summed E-state index contributed by atoms with van der Waals surface area (Å²) < 4.78 is 10.5. The van der Waals surface area contributed by atoms with Gasteiger partial charge in [0.05, 0.1) is 12.3 Å². The molecular weight excluding hydrogens is 232 g/mol. The normalized spacial score (nSPS) is 31.4. The van der Waals surface area contributed by atoms with Gasteiger partial charge in [-0.05, 0) is 18.8 Å². The second-order valence-electron chi connectivity index (χ2n) is 5.22. The maximum Gasteiger partial charge on any atom is 0.292 e. The number of methoxy groups -OCH3 is 1. The lowest BCUT2D eigenvalue weighted by Gasteiger charge is -2.31. The number of hydrogen-bond acceptors (Lipinski definition) is 4. The molecule has 18 heavy (non-hydrogen) atoms. The summed E-state index contributed by atoms with van der Waals surface area (Å²) in [5, 5.41) is 3.59. The van der Waals surface area contributed by atoms with Crippen molar-refractivity contribution in [3.63, 3.8) is 0 Å². The van der Waals surface area contributed by atoms with E-state index in [0.717, 1.165) is 19.5 Å². The van der Waals surface area contributed by atoms with E-state index in [1.165, 1.54) is 19.0 Å². The lowest BCUT2D eigenvalue weighted by molar-refractivity contribution is 0.0126. The Hall–Kier alpha value is -1.36. The minimum Gasteiger partial charge on any atom is -0.381 e. The van der Waals surface area contributed by atoms with Crippen molar-refractivity contribution >= 4 is 5.91 Å². The summed E-state index contributed by atoms with van der Waals surface area (Å²) in [7, 11) is 1.77.